The average molecular weight is 319 g/mol. The number of piperazine rings is 1. The molecule has 0 spiro atoms. The van der Waals surface area contributed by atoms with E-state index in [-0.39, 0.29) is 5.91 Å². The minimum absolute atomic E-state index is 0.259. The summed E-state index contributed by atoms with van der Waals surface area (Å²) in [7, 11) is 0. The number of hydrogen-bond acceptors (Lipinski definition) is 2. The fraction of sp³-hybridized carbons (Fsp3) is 0.611. The highest BCUT2D eigenvalue weighted by molar-refractivity contribution is 7.14. The van der Waals surface area contributed by atoms with E-state index in [1.807, 2.05) is 11.0 Å². The quantitative estimate of drug-likeness (QED) is 0.846. The Morgan fingerprint density at radius 2 is 1.95 bits per heavy atom. The molecule has 0 bridgehead atoms. The molecule has 1 aromatic rings. The molecular formula is C18H27N2OS+. The zero-order valence-electron chi connectivity index (χ0n) is 13.4. The highest BCUT2D eigenvalue weighted by Crippen LogP contribution is 2.29. The lowest BCUT2D eigenvalue weighted by atomic mass is 10.00. The molecule has 1 fully saturated rings. The van der Waals surface area contributed by atoms with E-state index in [0.717, 1.165) is 44.0 Å². The van der Waals surface area contributed by atoms with Crippen LogP contribution >= 0.6 is 11.3 Å². The monoisotopic (exact) mass is 319 g/mol. The zero-order chi connectivity index (χ0) is 15.4. The number of carbonyl (C=O) groups excluding carboxylic acids is 1. The molecule has 22 heavy (non-hydrogen) atoms. The van der Waals surface area contributed by atoms with Crippen LogP contribution in [0.15, 0.2) is 18.7 Å². The molecule has 0 aromatic carbocycles. The number of amides is 1. The van der Waals surface area contributed by atoms with Crippen LogP contribution in [0.5, 0.6) is 0 Å². The molecular weight excluding hydrogens is 292 g/mol. The number of carbonyl (C=O) groups is 1. The van der Waals surface area contributed by atoms with Gasteiger partial charge in [0.15, 0.2) is 0 Å². The van der Waals surface area contributed by atoms with E-state index in [9.17, 15) is 4.79 Å². The van der Waals surface area contributed by atoms with Gasteiger partial charge in [0.05, 0.1) is 37.6 Å². The topological polar surface area (TPSA) is 24.8 Å². The first-order valence-corrected chi connectivity index (χ1v) is 9.45. The highest BCUT2D eigenvalue weighted by Gasteiger charge is 2.25. The number of aryl methyl sites for hydroxylation is 2. The molecule has 1 aliphatic heterocycles. The maximum absolute atomic E-state index is 12.8. The molecule has 2 aliphatic rings. The van der Waals surface area contributed by atoms with Gasteiger partial charge in [-0.05, 0) is 43.4 Å². The van der Waals surface area contributed by atoms with Crippen LogP contribution in [-0.4, -0.2) is 43.5 Å². The smallest absolute Gasteiger partial charge is 0.264 e. The van der Waals surface area contributed by atoms with Crippen molar-refractivity contribution in [1.29, 1.82) is 0 Å². The Hall–Kier alpha value is -1.13. The normalized spacial score (nSPS) is 20.1. The van der Waals surface area contributed by atoms with Gasteiger partial charge in [-0.3, -0.25) is 4.79 Å². The van der Waals surface area contributed by atoms with Crippen LogP contribution in [0.3, 0.4) is 0 Å². The third-order valence-corrected chi connectivity index (χ3v) is 6.12. The van der Waals surface area contributed by atoms with E-state index < -0.39 is 0 Å². The van der Waals surface area contributed by atoms with Crippen molar-refractivity contribution in [3.8, 4) is 0 Å². The van der Waals surface area contributed by atoms with Crippen LogP contribution < -0.4 is 4.90 Å². The summed E-state index contributed by atoms with van der Waals surface area (Å²) in [6.45, 7) is 8.67. The van der Waals surface area contributed by atoms with Crippen LogP contribution in [-0.2, 0) is 12.8 Å². The Balaban J connectivity index is 1.65. The number of nitrogens with one attached hydrogen (secondary N) is 1. The van der Waals surface area contributed by atoms with Crippen molar-refractivity contribution in [3.05, 3.63) is 34.0 Å². The number of quaternary nitrogens is 1. The van der Waals surface area contributed by atoms with E-state index in [4.69, 9.17) is 0 Å². The minimum Gasteiger partial charge on any atom is -0.329 e. The second kappa shape index (κ2) is 7.42. The SMILES string of the molecule is C=CC[NH+]1CCN(C(=O)c2cc3c(s2)CCCCCC3)CC1. The van der Waals surface area contributed by atoms with E-state index in [1.54, 1.807) is 11.3 Å². The average Bonchev–Trinajstić information content (AvgIpc) is 2.90. The maximum Gasteiger partial charge on any atom is 0.264 e. The van der Waals surface area contributed by atoms with Gasteiger partial charge < -0.3 is 9.80 Å². The lowest BCUT2D eigenvalue weighted by Gasteiger charge is -2.31. The Morgan fingerprint density at radius 1 is 1.23 bits per heavy atom. The third-order valence-electron chi connectivity index (χ3n) is 4.90. The Labute approximate surface area is 137 Å². The van der Waals surface area contributed by atoms with Crippen molar-refractivity contribution in [2.75, 3.05) is 32.7 Å². The van der Waals surface area contributed by atoms with Gasteiger partial charge in [-0.25, -0.2) is 0 Å². The Kier molecular flexibility index (Phi) is 5.32. The highest BCUT2D eigenvalue weighted by atomic mass is 32.1. The van der Waals surface area contributed by atoms with Crippen molar-refractivity contribution in [2.24, 2.45) is 0 Å². The first kappa shape index (κ1) is 15.8. The van der Waals surface area contributed by atoms with Gasteiger partial charge in [-0.1, -0.05) is 19.4 Å². The summed E-state index contributed by atoms with van der Waals surface area (Å²) < 4.78 is 0. The van der Waals surface area contributed by atoms with Crippen LogP contribution in [0.25, 0.3) is 0 Å². The van der Waals surface area contributed by atoms with Crippen LogP contribution in [0.1, 0.15) is 45.8 Å². The second-order valence-corrected chi connectivity index (χ2v) is 7.65. The Morgan fingerprint density at radius 3 is 2.68 bits per heavy atom. The lowest BCUT2D eigenvalue weighted by molar-refractivity contribution is -0.898. The molecule has 3 rings (SSSR count). The minimum atomic E-state index is 0.259. The van der Waals surface area contributed by atoms with Gasteiger partial charge in [0.1, 0.15) is 0 Å². The van der Waals surface area contributed by atoms with Gasteiger partial charge in [0.2, 0.25) is 0 Å². The van der Waals surface area contributed by atoms with E-state index >= 15 is 0 Å². The van der Waals surface area contributed by atoms with Gasteiger partial charge in [-0.15, -0.1) is 11.3 Å². The maximum atomic E-state index is 12.8. The van der Waals surface area contributed by atoms with Crippen LogP contribution in [0.4, 0.5) is 0 Å². The summed E-state index contributed by atoms with van der Waals surface area (Å²) >= 11 is 1.76. The van der Waals surface area contributed by atoms with Crippen molar-refractivity contribution >= 4 is 17.2 Å². The van der Waals surface area contributed by atoms with E-state index in [0.29, 0.717) is 0 Å². The van der Waals surface area contributed by atoms with Crippen LogP contribution in [0, 0.1) is 0 Å². The summed E-state index contributed by atoms with van der Waals surface area (Å²) in [4.78, 5) is 18.8. The molecule has 1 aromatic heterocycles. The molecule has 0 radical (unpaired) electrons. The summed E-state index contributed by atoms with van der Waals surface area (Å²) in [5.74, 6) is 0.259. The predicted molar refractivity (Wildman–Crippen MR) is 91.9 cm³/mol. The first-order valence-electron chi connectivity index (χ1n) is 8.63. The van der Waals surface area contributed by atoms with Gasteiger partial charge >= 0.3 is 0 Å². The summed E-state index contributed by atoms with van der Waals surface area (Å²) in [6.07, 6.45) is 9.56. The molecule has 4 heteroatoms. The van der Waals surface area contributed by atoms with Crippen molar-refractivity contribution in [3.63, 3.8) is 0 Å². The fourth-order valence-corrected chi connectivity index (χ4v) is 4.76. The van der Waals surface area contributed by atoms with Gasteiger partial charge in [-0.2, -0.15) is 0 Å². The van der Waals surface area contributed by atoms with E-state index in [1.165, 1.54) is 47.4 Å². The molecule has 1 N–H and O–H groups in total. The molecule has 2 heterocycles. The third kappa shape index (κ3) is 3.61. The number of hydrogen-bond donors (Lipinski definition) is 1. The summed E-state index contributed by atoms with van der Waals surface area (Å²) in [5, 5.41) is 0. The van der Waals surface area contributed by atoms with Crippen LogP contribution in [0.2, 0.25) is 0 Å². The van der Waals surface area contributed by atoms with Gasteiger partial charge in [0.25, 0.3) is 5.91 Å². The molecule has 1 amide bonds. The summed E-state index contributed by atoms with van der Waals surface area (Å²) in [5.41, 5.74) is 1.45. The largest absolute Gasteiger partial charge is 0.329 e. The number of fused-ring (bicyclic) bond motifs is 1. The molecule has 120 valence electrons. The molecule has 1 aliphatic carbocycles. The van der Waals surface area contributed by atoms with Crippen molar-refractivity contribution in [1.82, 2.24) is 4.90 Å². The molecule has 0 atom stereocenters. The van der Waals surface area contributed by atoms with Crippen molar-refractivity contribution < 1.29 is 9.69 Å². The lowest BCUT2D eigenvalue weighted by Crippen LogP contribution is -3.14. The molecule has 0 saturated carbocycles. The number of rotatable bonds is 3. The number of thiophene rings is 1. The zero-order valence-corrected chi connectivity index (χ0v) is 14.2. The molecule has 1 saturated heterocycles. The number of nitrogens with zero attached hydrogens (tertiary/aromatic N) is 1. The fourth-order valence-electron chi connectivity index (χ4n) is 3.54. The van der Waals surface area contributed by atoms with Gasteiger partial charge in [0, 0.05) is 4.88 Å². The first-order chi connectivity index (χ1) is 10.8. The standard InChI is InChI=1S/C18H26N2OS/c1-2-9-19-10-12-20(13-11-19)18(21)17-14-15-7-5-3-4-6-8-16(15)22-17/h2,14H,1,3-13H2/p+1. The molecule has 3 nitrogen and oxygen atoms in total. The summed E-state index contributed by atoms with van der Waals surface area (Å²) in [6, 6.07) is 2.19. The second-order valence-electron chi connectivity index (χ2n) is 6.51. The van der Waals surface area contributed by atoms with E-state index in [2.05, 4.69) is 12.6 Å². The molecule has 0 unspecified atom stereocenters. The van der Waals surface area contributed by atoms with Crippen molar-refractivity contribution in [2.45, 2.75) is 38.5 Å². The Bertz CT molecular complexity index is 504. The predicted octanol–water partition coefficient (Wildman–Crippen LogP) is 1.93.